The number of aryl methyl sites for hydroxylation is 2. The molecule has 1 aliphatic rings. The minimum Gasteiger partial charge on any atom is -0.484 e. The number of benzene rings is 3. The first kappa shape index (κ1) is 25.3. The van der Waals surface area contributed by atoms with Crippen LogP contribution >= 0.6 is 47.2 Å². The van der Waals surface area contributed by atoms with Crippen LogP contribution in [-0.2, 0) is 9.59 Å². The van der Waals surface area contributed by atoms with E-state index in [-0.39, 0.29) is 18.4 Å². The number of thiocarbonyl (C=S) groups is 1. The summed E-state index contributed by atoms with van der Waals surface area (Å²) in [5, 5.41) is 3.90. The first-order chi connectivity index (χ1) is 16.7. The molecule has 3 aromatic carbocycles. The Bertz CT molecular complexity index is 1370. The largest absolute Gasteiger partial charge is 0.484 e. The fourth-order valence-electron chi connectivity index (χ4n) is 3.32. The summed E-state index contributed by atoms with van der Waals surface area (Å²) in [5.74, 6) is -0.0292. The van der Waals surface area contributed by atoms with Gasteiger partial charge < -0.3 is 10.1 Å². The van der Waals surface area contributed by atoms with Gasteiger partial charge in [0.1, 0.15) is 5.75 Å². The Morgan fingerprint density at radius 3 is 2.63 bits per heavy atom. The minimum absolute atomic E-state index is 0.175. The molecule has 5 nitrogen and oxygen atoms in total. The summed E-state index contributed by atoms with van der Waals surface area (Å²) in [6.07, 6.45) is 1.75. The van der Waals surface area contributed by atoms with E-state index in [4.69, 9.17) is 40.2 Å². The normalized spacial score (nSPS) is 14.5. The topological polar surface area (TPSA) is 58.6 Å². The molecule has 1 aliphatic heterocycles. The second-order valence-electron chi connectivity index (χ2n) is 7.82. The van der Waals surface area contributed by atoms with Gasteiger partial charge in [0.15, 0.2) is 10.9 Å². The number of anilines is 2. The first-order valence-electron chi connectivity index (χ1n) is 10.5. The van der Waals surface area contributed by atoms with E-state index in [0.717, 1.165) is 16.7 Å². The van der Waals surface area contributed by atoms with Gasteiger partial charge in [0.05, 0.1) is 10.6 Å². The van der Waals surface area contributed by atoms with Crippen LogP contribution in [0.25, 0.3) is 6.08 Å². The number of hydrogen-bond acceptors (Lipinski definition) is 5. The second kappa shape index (κ2) is 10.8. The SMILES string of the molecule is Cc1ccc(N2C(=O)/C(=C/c3cccc(OCC(=O)Nc4cc(Cl)ccc4C)c3)SC2=S)cc1Cl. The summed E-state index contributed by atoms with van der Waals surface area (Å²) in [6.45, 7) is 3.60. The molecule has 1 fully saturated rings. The highest BCUT2D eigenvalue weighted by atomic mass is 35.5. The van der Waals surface area contributed by atoms with Crippen molar-refractivity contribution in [1.82, 2.24) is 0 Å². The zero-order valence-corrected chi connectivity index (χ0v) is 21.9. The summed E-state index contributed by atoms with van der Waals surface area (Å²) in [7, 11) is 0. The molecule has 35 heavy (non-hydrogen) atoms. The van der Waals surface area contributed by atoms with Crippen molar-refractivity contribution in [3.63, 3.8) is 0 Å². The van der Waals surface area contributed by atoms with Crippen LogP contribution in [0.4, 0.5) is 11.4 Å². The lowest BCUT2D eigenvalue weighted by Gasteiger charge is -2.15. The van der Waals surface area contributed by atoms with Crippen LogP contribution in [-0.4, -0.2) is 22.7 Å². The molecule has 0 unspecified atom stereocenters. The van der Waals surface area contributed by atoms with Crippen LogP contribution < -0.4 is 15.0 Å². The Morgan fingerprint density at radius 1 is 1.09 bits per heavy atom. The van der Waals surface area contributed by atoms with Crippen molar-refractivity contribution >= 4 is 80.8 Å². The van der Waals surface area contributed by atoms with Crippen LogP contribution in [0, 0.1) is 13.8 Å². The number of rotatable bonds is 6. The van der Waals surface area contributed by atoms with Crippen LogP contribution in [0.15, 0.2) is 65.6 Å². The Morgan fingerprint density at radius 2 is 1.86 bits per heavy atom. The molecule has 178 valence electrons. The van der Waals surface area contributed by atoms with E-state index < -0.39 is 0 Å². The highest BCUT2D eigenvalue weighted by Crippen LogP contribution is 2.37. The van der Waals surface area contributed by atoms with Gasteiger partial charge in [0.25, 0.3) is 11.8 Å². The predicted octanol–water partition coefficient (Wildman–Crippen LogP) is 7.03. The van der Waals surface area contributed by atoms with E-state index >= 15 is 0 Å². The smallest absolute Gasteiger partial charge is 0.270 e. The summed E-state index contributed by atoms with van der Waals surface area (Å²) >= 11 is 18.9. The number of hydrogen-bond donors (Lipinski definition) is 1. The monoisotopic (exact) mass is 542 g/mol. The first-order valence-corrected chi connectivity index (χ1v) is 12.5. The number of thioether (sulfide) groups is 1. The standard InChI is InChI=1S/C26H20Cl2N2O3S2/c1-15-7-9-19(13-21(15)28)30-25(32)23(35-26(30)34)11-17-4-3-5-20(10-17)33-14-24(31)29-22-12-18(27)8-6-16(22)2/h3-13H,14H2,1-2H3,(H,29,31)/b23-11-. The van der Waals surface area contributed by atoms with Crippen molar-refractivity contribution in [3.05, 3.63) is 92.3 Å². The molecule has 0 aromatic heterocycles. The lowest BCUT2D eigenvalue weighted by atomic mass is 10.2. The van der Waals surface area contributed by atoms with Crippen molar-refractivity contribution < 1.29 is 14.3 Å². The lowest BCUT2D eigenvalue weighted by molar-refractivity contribution is -0.118. The van der Waals surface area contributed by atoms with Gasteiger partial charge in [-0.25, -0.2) is 0 Å². The van der Waals surface area contributed by atoms with Gasteiger partial charge in [-0.3, -0.25) is 14.5 Å². The number of nitrogens with one attached hydrogen (secondary N) is 1. The van der Waals surface area contributed by atoms with E-state index in [9.17, 15) is 9.59 Å². The van der Waals surface area contributed by atoms with Gasteiger partial charge in [0, 0.05) is 15.7 Å². The number of halogens is 2. The molecule has 0 spiro atoms. The zero-order valence-electron chi connectivity index (χ0n) is 18.8. The molecule has 1 saturated heterocycles. The van der Waals surface area contributed by atoms with Crippen molar-refractivity contribution in [3.8, 4) is 5.75 Å². The average Bonchev–Trinajstić information content (AvgIpc) is 3.09. The minimum atomic E-state index is -0.307. The third-order valence-electron chi connectivity index (χ3n) is 5.21. The van der Waals surface area contributed by atoms with E-state index in [0.29, 0.717) is 36.4 Å². The third-order valence-corrected chi connectivity index (χ3v) is 7.15. The van der Waals surface area contributed by atoms with Gasteiger partial charge in [0.2, 0.25) is 0 Å². The molecule has 2 amide bonds. The van der Waals surface area contributed by atoms with Crippen LogP contribution in [0.5, 0.6) is 5.75 Å². The molecule has 1 heterocycles. The van der Waals surface area contributed by atoms with Crippen molar-refractivity contribution in [2.24, 2.45) is 0 Å². The Hall–Kier alpha value is -2.84. The zero-order chi connectivity index (χ0) is 25.1. The highest BCUT2D eigenvalue weighted by molar-refractivity contribution is 8.27. The molecule has 0 aliphatic carbocycles. The Balaban J connectivity index is 1.44. The fourth-order valence-corrected chi connectivity index (χ4v) is 4.97. The maximum atomic E-state index is 13.1. The van der Waals surface area contributed by atoms with Crippen LogP contribution in [0.1, 0.15) is 16.7 Å². The number of ether oxygens (including phenoxy) is 1. The molecule has 4 rings (SSSR count). The molecule has 1 N–H and O–H groups in total. The highest BCUT2D eigenvalue weighted by Gasteiger charge is 2.33. The van der Waals surface area contributed by atoms with E-state index in [1.165, 1.54) is 16.7 Å². The molecular formula is C26H20Cl2N2O3S2. The summed E-state index contributed by atoms with van der Waals surface area (Å²) in [5.41, 5.74) is 3.83. The van der Waals surface area contributed by atoms with Gasteiger partial charge in [-0.05, 0) is 73.0 Å². The molecule has 9 heteroatoms. The number of amides is 2. The van der Waals surface area contributed by atoms with E-state index in [1.54, 1.807) is 42.5 Å². The van der Waals surface area contributed by atoms with Gasteiger partial charge in [-0.1, -0.05) is 71.4 Å². The predicted molar refractivity (Wildman–Crippen MR) is 149 cm³/mol. The molecule has 3 aromatic rings. The maximum absolute atomic E-state index is 13.1. The summed E-state index contributed by atoms with van der Waals surface area (Å²) in [6, 6.07) is 17.8. The van der Waals surface area contributed by atoms with Gasteiger partial charge in [-0.15, -0.1) is 0 Å². The number of nitrogens with zero attached hydrogens (tertiary/aromatic N) is 1. The lowest BCUT2D eigenvalue weighted by Crippen LogP contribution is -2.27. The summed E-state index contributed by atoms with van der Waals surface area (Å²) in [4.78, 5) is 27.4. The molecule has 0 bridgehead atoms. The van der Waals surface area contributed by atoms with Gasteiger partial charge in [-0.2, -0.15) is 0 Å². The van der Waals surface area contributed by atoms with Crippen molar-refractivity contribution in [2.45, 2.75) is 13.8 Å². The maximum Gasteiger partial charge on any atom is 0.270 e. The quantitative estimate of drug-likeness (QED) is 0.267. The second-order valence-corrected chi connectivity index (χ2v) is 10.3. The molecule has 0 saturated carbocycles. The number of carbonyl (C=O) groups excluding carboxylic acids is 2. The number of carbonyl (C=O) groups is 2. The molecule has 0 radical (unpaired) electrons. The van der Waals surface area contributed by atoms with Crippen molar-refractivity contribution in [1.29, 1.82) is 0 Å². The van der Waals surface area contributed by atoms with Crippen molar-refractivity contribution in [2.75, 3.05) is 16.8 Å². The Kier molecular flexibility index (Phi) is 7.82. The third kappa shape index (κ3) is 6.05. The summed E-state index contributed by atoms with van der Waals surface area (Å²) < 4.78 is 6.09. The van der Waals surface area contributed by atoms with Crippen LogP contribution in [0.2, 0.25) is 10.0 Å². The Labute approximate surface area is 223 Å². The molecular weight excluding hydrogens is 523 g/mol. The van der Waals surface area contributed by atoms with E-state index in [1.807, 2.05) is 38.1 Å². The van der Waals surface area contributed by atoms with Gasteiger partial charge >= 0.3 is 0 Å². The average molecular weight is 543 g/mol. The molecule has 0 atom stereocenters. The van der Waals surface area contributed by atoms with E-state index in [2.05, 4.69) is 5.32 Å². The van der Waals surface area contributed by atoms with Crippen LogP contribution in [0.3, 0.4) is 0 Å². The fraction of sp³-hybridized carbons (Fsp3) is 0.115.